The maximum atomic E-state index is 13.3. The van der Waals surface area contributed by atoms with Gasteiger partial charge >= 0.3 is 0 Å². The van der Waals surface area contributed by atoms with Crippen LogP contribution in [0.15, 0.2) is 18.2 Å². The Hall–Kier alpha value is -1.53. The van der Waals surface area contributed by atoms with Gasteiger partial charge in [0, 0.05) is 0 Å². The number of carbonyl (C=O) groups is 1. The van der Waals surface area contributed by atoms with Crippen LogP contribution in [0.4, 0.5) is 8.78 Å². The molecule has 0 bridgehead atoms. The molecular formula is C12H13F2NO3. The van der Waals surface area contributed by atoms with Gasteiger partial charge in [0.2, 0.25) is 0 Å². The molecule has 1 amide bonds. The summed E-state index contributed by atoms with van der Waals surface area (Å²) in [7, 11) is 0. The summed E-state index contributed by atoms with van der Waals surface area (Å²) < 4.78 is 26.2. The minimum absolute atomic E-state index is 0.215. The molecule has 1 aliphatic rings. The molecule has 2 N–H and O–H groups in total. The van der Waals surface area contributed by atoms with E-state index in [4.69, 9.17) is 9.94 Å². The van der Waals surface area contributed by atoms with Crippen LogP contribution in [0.5, 0.6) is 0 Å². The van der Waals surface area contributed by atoms with Crippen molar-refractivity contribution >= 4 is 5.91 Å². The third-order valence-corrected chi connectivity index (χ3v) is 2.83. The Morgan fingerprint density at radius 1 is 1.50 bits per heavy atom. The molecule has 0 spiro atoms. The van der Waals surface area contributed by atoms with Crippen molar-refractivity contribution < 1.29 is 23.5 Å². The van der Waals surface area contributed by atoms with Crippen LogP contribution >= 0.6 is 0 Å². The fourth-order valence-corrected chi connectivity index (χ4v) is 1.61. The highest BCUT2D eigenvalue weighted by Crippen LogP contribution is 2.33. The third-order valence-electron chi connectivity index (χ3n) is 2.83. The lowest BCUT2D eigenvalue weighted by molar-refractivity contribution is -0.0498. The van der Waals surface area contributed by atoms with E-state index in [9.17, 15) is 13.6 Å². The van der Waals surface area contributed by atoms with Crippen molar-refractivity contribution in [3.8, 4) is 0 Å². The maximum absolute atomic E-state index is 13.3. The summed E-state index contributed by atoms with van der Waals surface area (Å²) in [5.74, 6) is -2.96. The molecule has 1 aliphatic carbocycles. The molecule has 6 heteroatoms. The summed E-state index contributed by atoms with van der Waals surface area (Å²) in [5.41, 5.74) is 1.61. The number of hydrogen-bond acceptors (Lipinski definition) is 3. The van der Waals surface area contributed by atoms with Crippen LogP contribution < -0.4 is 5.48 Å². The fraction of sp³-hybridized carbons (Fsp3) is 0.417. The molecule has 0 aromatic heterocycles. The van der Waals surface area contributed by atoms with Gasteiger partial charge in [0.05, 0.1) is 12.2 Å². The first-order valence-corrected chi connectivity index (χ1v) is 5.64. The lowest BCUT2D eigenvalue weighted by Gasteiger charge is -2.14. The molecule has 0 radical (unpaired) electrons. The molecule has 0 saturated heterocycles. The predicted molar refractivity (Wildman–Crippen MR) is 58.5 cm³/mol. The van der Waals surface area contributed by atoms with Crippen LogP contribution in [0, 0.1) is 17.6 Å². The number of benzene rings is 1. The SMILES string of the molecule is O=C(NOC(CO)C1CC1)c1cccc(F)c1F. The first-order chi connectivity index (χ1) is 8.63. The van der Waals surface area contributed by atoms with Crippen molar-refractivity contribution in [3.05, 3.63) is 35.4 Å². The number of rotatable bonds is 5. The van der Waals surface area contributed by atoms with Gasteiger partial charge in [-0.15, -0.1) is 0 Å². The molecule has 1 unspecified atom stereocenters. The van der Waals surface area contributed by atoms with Crippen molar-refractivity contribution in [2.75, 3.05) is 6.61 Å². The molecule has 0 heterocycles. The zero-order valence-electron chi connectivity index (χ0n) is 9.53. The molecule has 1 fully saturated rings. The Kier molecular flexibility index (Phi) is 3.88. The van der Waals surface area contributed by atoms with Crippen molar-refractivity contribution in [2.45, 2.75) is 18.9 Å². The van der Waals surface area contributed by atoms with Gasteiger partial charge in [-0.3, -0.25) is 9.63 Å². The number of amides is 1. The van der Waals surface area contributed by atoms with E-state index < -0.39 is 29.2 Å². The van der Waals surface area contributed by atoms with E-state index in [0.29, 0.717) is 0 Å². The largest absolute Gasteiger partial charge is 0.394 e. The molecule has 0 aliphatic heterocycles. The number of nitrogens with one attached hydrogen (secondary N) is 1. The molecule has 1 saturated carbocycles. The summed E-state index contributed by atoms with van der Waals surface area (Å²) in [6, 6.07) is 3.31. The Morgan fingerprint density at radius 3 is 2.83 bits per heavy atom. The first kappa shape index (κ1) is 12.9. The van der Waals surface area contributed by atoms with Crippen LogP contribution in [0.2, 0.25) is 0 Å². The lowest BCUT2D eigenvalue weighted by atomic mass is 10.2. The number of carbonyl (C=O) groups excluding carboxylic acids is 1. The van der Waals surface area contributed by atoms with Crippen LogP contribution in [-0.4, -0.2) is 23.7 Å². The smallest absolute Gasteiger partial charge is 0.277 e. The number of aliphatic hydroxyl groups excluding tert-OH is 1. The molecule has 18 heavy (non-hydrogen) atoms. The number of hydrogen-bond donors (Lipinski definition) is 2. The highest BCUT2D eigenvalue weighted by molar-refractivity contribution is 5.93. The van der Waals surface area contributed by atoms with Gasteiger partial charge < -0.3 is 5.11 Å². The van der Waals surface area contributed by atoms with Gasteiger partial charge in [0.25, 0.3) is 5.91 Å². The van der Waals surface area contributed by atoms with E-state index in [0.717, 1.165) is 25.0 Å². The zero-order chi connectivity index (χ0) is 13.1. The molecular weight excluding hydrogens is 244 g/mol. The normalized spacial score (nSPS) is 16.4. The summed E-state index contributed by atoms with van der Waals surface area (Å²) in [5, 5.41) is 9.01. The highest BCUT2D eigenvalue weighted by atomic mass is 19.2. The molecule has 4 nitrogen and oxygen atoms in total. The van der Waals surface area contributed by atoms with Crippen LogP contribution in [-0.2, 0) is 4.84 Å². The van der Waals surface area contributed by atoms with Gasteiger partial charge in [-0.2, -0.15) is 0 Å². The summed E-state index contributed by atoms with van der Waals surface area (Å²) in [6.07, 6.45) is 1.36. The van der Waals surface area contributed by atoms with Crippen molar-refractivity contribution in [2.24, 2.45) is 5.92 Å². The van der Waals surface area contributed by atoms with Crippen molar-refractivity contribution in [3.63, 3.8) is 0 Å². The van der Waals surface area contributed by atoms with Crippen molar-refractivity contribution in [1.29, 1.82) is 0 Å². The lowest BCUT2D eigenvalue weighted by Crippen LogP contribution is -2.33. The molecule has 1 aromatic rings. The van der Waals surface area contributed by atoms with E-state index in [1.807, 2.05) is 5.48 Å². The summed E-state index contributed by atoms with van der Waals surface area (Å²) in [4.78, 5) is 16.5. The monoisotopic (exact) mass is 257 g/mol. The third kappa shape index (κ3) is 2.83. The van der Waals surface area contributed by atoms with E-state index in [1.165, 1.54) is 6.07 Å². The quantitative estimate of drug-likeness (QED) is 0.784. The van der Waals surface area contributed by atoms with Crippen molar-refractivity contribution in [1.82, 2.24) is 5.48 Å². The number of halogens is 2. The second-order valence-corrected chi connectivity index (χ2v) is 4.21. The van der Waals surface area contributed by atoms with Gasteiger partial charge in [0.1, 0.15) is 6.10 Å². The van der Waals surface area contributed by atoms with Gasteiger partial charge in [-0.25, -0.2) is 14.3 Å². The predicted octanol–water partition coefficient (Wildman–Crippen LogP) is 1.40. The average Bonchev–Trinajstić information content (AvgIpc) is 3.17. The Labute approximate surface area is 103 Å². The van der Waals surface area contributed by atoms with E-state index >= 15 is 0 Å². The zero-order valence-corrected chi connectivity index (χ0v) is 9.53. The van der Waals surface area contributed by atoms with Gasteiger partial charge in [-0.05, 0) is 30.9 Å². The second kappa shape index (κ2) is 5.41. The second-order valence-electron chi connectivity index (χ2n) is 4.21. The fourth-order valence-electron chi connectivity index (χ4n) is 1.61. The van der Waals surface area contributed by atoms with E-state index in [1.54, 1.807) is 0 Å². The molecule has 1 atom stereocenters. The van der Waals surface area contributed by atoms with Crippen LogP contribution in [0.1, 0.15) is 23.2 Å². The minimum atomic E-state index is -1.22. The Balaban J connectivity index is 1.96. The maximum Gasteiger partial charge on any atom is 0.277 e. The molecule has 98 valence electrons. The Bertz CT molecular complexity index is 449. The molecule has 1 aromatic carbocycles. The standard InChI is InChI=1S/C12H13F2NO3/c13-9-3-1-2-8(11(9)14)12(17)15-18-10(6-16)7-4-5-7/h1-3,7,10,16H,4-6H2,(H,15,17). The summed E-state index contributed by atoms with van der Waals surface area (Å²) in [6.45, 7) is -0.226. The number of hydroxylamine groups is 1. The van der Waals surface area contributed by atoms with E-state index in [2.05, 4.69) is 0 Å². The Morgan fingerprint density at radius 2 is 2.22 bits per heavy atom. The van der Waals surface area contributed by atoms with Gasteiger partial charge in [-0.1, -0.05) is 6.07 Å². The topological polar surface area (TPSA) is 58.6 Å². The minimum Gasteiger partial charge on any atom is -0.394 e. The van der Waals surface area contributed by atoms with Crippen LogP contribution in [0.25, 0.3) is 0 Å². The average molecular weight is 257 g/mol. The highest BCUT2D eigenvalue weighted by Gasteiger charge is 2.32. The van der Waals surface area contributed by atoms with Gasteiger partial charge in [0.15, 0.2) is 11.6 Å². The summed E-state index contributed by atoms with van der Waals surface area (Å²) >= 11 is 0. The van der Waals surface area contributed by atoms with Crippen LogP contribution in [0.3, 0.4) is 0 Å². The number of aliphatic hydroxyl groups is 1. The van der Waals surface area contributed by atoms with E-state index in [-0.39, 0.29) is 12.5 Å². The first-order valence-electron chi connectivity index (χ1n) is 5.64. The molecule has 2 rings (SSSR count).